The quantitative estimate of drug-likeness (QED) is 0.637. The van der Waals surface area contributed by atoms with Crippen molar-refractivity contribution in [1.29, 1.82) is 0 Å². The van der Waals surface area contributed by atoms with Crippen LogP contribution in [0, 0.1) is 5.92 Å². The molecule has 0 heterocycles. The van der Waals surface area contributed by atoms with E-state index in [1.54, 1.807) is 0 Å². The fourth-order valence-corrected chi connectivity index (χ4v) is 1.04. The highest BCUT2D eigenvalue weighted by Crippen LogP contribution is 2.06. The molecule has 0 rings (SSSR count). The average molecular weight is 143 g/mol. The second-order valence-corrected chi connectivity index (χ2v) is 3.50. The van der Waals surface area contributed by atoms with Crippen LogP contribution in [0.1, 0.15) is 41.0 Å². The molecule has 0 aromatic rings. The van der Waals surface area contributed by atoms with Gasteiger partial charge in [0, 0.05) is 12.1 Å². The van der Waals surface area contributed by atoms with E-state index in [4.69, 9.17) is 0 Å². The molecule has 0 aliphatic heterocycles. The number of nitrogens with one attached hydrogen (secondary N) is 1. The van der Waals surface area contributed by atoms with Crippen molar-refractivity contribution in [2.45, 2.75) is 53.1 Å². The Balaban J connectivity index is 3.50. The highest BCUT2D eigenvalue weighted by Gasteiger charge is 2.09. The molecule has 0 aliphatic rings. The van der Waals surface area contributed by atoms with Gasteiger partial charge in [-0.05, 0) is 12.8 Å². The van der Waals surface area contributed by atoms with Gasteiger partial charge in [0.15, 0.2) is 0 Å². The van der Waals surface area contributed by atoms with E-state index in [0.29, 0.717) is 12.1 Å². The van der Waals surface area contributed by atoms with Crippen LogP contribution < -0.4 is 5.32 Å². The van der Waals surface area contributed by atoms with E-state index in [1.165, 1.54) is 6.42 Å². The van der Waals surface area contributed by atoms with Gasteiger partial charge in [-0.2, -0.15) is 0 Å². The van der Waals surface area contributed by atoms with Crippen LogP contribution in [0.5, 0.6) is 0 Å². The van der Waals surface area contributed by atoms with Crippen LogP contribution in [0.4, 0.5) is 0 Å². The van der Waals surface area contributed by atoms with Gasteiger partial charge in [0.05, 0.1) is 0 Å². The molecule has 10 heavy (non-hydrogen) atoms. The molecule has 62 valence electrons. The first-order valence-corrected chi connectivity index (χ1v) is 4.34. The summed E-state index contributed by atoms with van der Waals surface area (Å²) in [4.78, 5) is 0. The Kier molecular flexibility index (Phi) is 4.71. The van der Waals surface area contributed by atoms with Crippen molar-refractivity contribution in [3.8, 4) is 0 Å². The molecule has 1 heteroatoms. The Hall–Kier alpha value is -0.0400. The summed E-state index contributed by atoms with van der Waals surface area (Å²) in [6, 6.07) is 1.27. The summed E-state index contributed by atoms with van der Waals surface area (Å²) in [7, 11) is 0. The standard InChI is InChI=1S/C9H21N/c1-6-8(4)9(5)10-7(2)3/h7-10H,6H2,1-5H3. The molecular formula is C9H21N. The SMILES string of the molecule is CCC(C)C(C)NC(C)C. The van der Waals surface area contributed by atoms with Gasteiger partial charge in [-0.15, -0.1) is 0 Å². The number of rotatable bonds is 4. The van der Waals surface area contributed by atoms with E-state index in [2.05, 4.69) is 39.9 Å². The Morgan fingerprint density at radius 2 is 1.60 bits per heavy atom. The summed E-state index contributed by atoms with van der Waals surface area (Å²) in [5.41, 5.74) is 0. The molecule has 1 N–H and O–H groups in total. The third-order valence-corrected chi connectivity index (χ3v) is 2.09. The zero-order chi connectivity index (χ0) is 8.15. The Morgan fingerprint density at radius 1 is 1.10 bits per heavy atom. The fraction of sp³-hybridized carbons (Fsp3) is 1.00. The maximum atomic E-state index is 3.49. The summed E-state index contributed by atoms with van der Waals surface area (Å²) >= 11 is 0. The second kappa shape index (κ2) is 4.73. The number of hydrogen-bond donors (Lipinski definition) is 1. The first-order chi connectivity index (χ1) is 4.57. The minimum atomic E-state index is 0.615. The fourth-order valence-electron chi connectivity index (χ4n) is 1.04. The lowest BCUT2D eigenvalue weighted by atomic mass is 10.0. The van der Waals surface area contributed by atoms with Gasteiger partial charge in [0.2, 0.25) is 0 Å². The van der Waals surface area contributed by atoms with Crippen molar-refractivity contribution >= 4 is 0 Å². The predicted molar refractivity (Wildman–Crippen MR) is 47.2 cm³/mol. The van der Waals surface area contributed by atoms with Gasteiger partial charge in [-0.1, -0.05) is 34.1 Å². The maximum absolute atomic E-state index is 3.49. The lowest BCUT2D eigenvalue weighted by Gasteiger charge is -2.22. The average Bonchev–Trinajstić information content (AvgIpc) is 1.85. The van der Waals surface area contributed by atoms with Crippen LogP contribution in [-0.4, -0.2) is 12.1 Å². The van der Waals surface area contributed by atoms with E-state index < -0.39 is 0 Å². The van der Waals surface area contributed by atoms with Crippen molar-refractivity contribution in [1.82, 2.24) is 5.32 Å². The first-order valence-electron chi connectivity index (χ1n) is 4.34. The molecule has 0 bridgehead atoms. The maximum Gasteiger partial charge on any atom is 0.00666 e. The summed E-state index contributed by atoms with van der Waals surface area (Å²) in [5.74, 6) is 0.794. The molecular weight excluding hydrogens is 122 g/mol. The predicted octanol–water partition coefficient (Wildman–Crippen LogP) is 2.42. The molecule has 0 fully saturated rings. The molecule has 0 aromatic heterocycles. The zero-order valence-electron chi connectivity index (χ0n) is 7.94. The minimum absolute atomic E-state index is 0.615. The largest absolute Gasteiger partial charge is 0.312 e. The van der Waals surface area contributed by atoms with Crippen LogP contribution >= 0.6 is 0 Å². The van der Waals surface area contributed by atoms with Gasteiger partial charge >= 0.3 is 0 Å². The highest BCUT2D eigenvalue weighted by atomic mass is 14.9. The van der Waals surface area contributed by atoms with Crippen LogP contribution in [0.15, 0.2) is 0 Å². The zero-order valence-corrected chi connectivity index (χ0v) is 7.94. The van der Waals surface area contributed by atoms with E-state index in [-0.39, 0.29) is 0 Å². The van der Waals surface area contributed by atoms with Gasteiger partial charge < -0.3 is 5.32 Å². The Morgan fingerprint density at radius 3 is 1.90 bits per heavy atom. The second-order valence-electron chi connectivity index (χ2n) is 3.50. The minimum Gasteiger partial charge on any atom is -0.312 e. The van der Waals surface area contributed by atoms with Crippen molar-refractivity contribution < 1.29 is 0 Å². The number of hydrogen-bond acceptors (Lipinski definition) is 1. The molecule has 0 aromatic carbocycles. The normalized spacial score (nSPS) is 17.4. The molecule has 0 aliphatic carbocycles. The van der Waals surface area contributed by atoms with Crippen LogP contribution in [0.25, 0.3) is 0 Å². The van der Waals surface area contributed by atoms with E-state index in [0.717, 1.165) is 5.92 Å². The van der Waals surface area contributed by atoms with Crippen LogP contribution in [0.2, 0.25) is 0 Å². The summed E-state index contributed by atoms with van der Waals surface area (Å²) in [5, 5.41) is 3.49. The van der Waals surface area contributed by atoms with Crippen molar-refractivity contribution in [2.75, 3.05) is 0 Å². The van der Waals surface area contributed by atoms with E-state index >= 15 is 0 Å². The lowest BCUT2D eigenvalue weighted by molar-refractivity contribution is 0.366. The summed E-state index contributed by atoms with van der Waals surface area (Å²) in [6.07, 6.45) is 1.26. The van der Waals surface area contributed by atoms with Crippen molar-refractivity contribution in [3.63, 3.8) is 0 Å². The summed E-state index contributed by atoms with van der Waals surface area (Å²) in [6.45, 7) is 11.2. The van der Waals surface area contributed by atoms with Gasteiger partial charge in [-0.3, -0.25) is 0 Å². The third kappa shape index (κ3) is 3.89. The molecule has 1 nitrogen and oxygen atoms in total. The molecule has 0 amide bonds. The molecule has 0 saturated heterocycles. The lowest BCUT2D eigenvalue weighted by Crippen LogP contribution is -2.36. The van der Waals surface area contributed by atoms with Crippen LogP contribution in [0.3, 0.4) is 0 Å². The summed E-state index contributed by atoms with van der Waals surface area (Å²) < 4.78 is 0. The van der Waals surface area contributed by atoms with Crippen LogP contribution in [-0.2, 0) is 0 Å². The molecule has 2 atom stereocenters. The van der Waals surface area contributed by atoms with Gasteiger partial charge in [0.1, 0.15) is 0 Å². The van der Waals surface area contributed by atoms with Gasteiger partial charge in [-0.25, -0.2) is 0 Å². The molecule has 2 unspecified atom stereocenters. The topological polar surface area (TPSA) is 12.0 Å². The highest BCUT2D eigenvalue weighted by molar-refractivity contribution is 4.68. The van der Waals surface area contributed by atoms with Crippen molar-refractivity contribution in [2.24, 2.45) is 5.92 Å². The van der Waals surface area contributed by atoms with Gasteiger partial charge in [0.25, 0.3) is 0 Å². The first kappa shape index (κ1) is 9.96. The third-order valence-electron chi connectivity index (χ3n) is 2.09. The molecule has 0 saturated carbocycles. The smallest absolute Gasteiger partial charge is 0.00666 e. The molecule has 0 spiro atoms. The van der Waals surface area contributed by atoms with Crippen molar-refractivity contribution in [3.05, 3.63) is 0 Å². The van der Waals surface area contributed by atoms with E-state index in [1.807, 2.05) is 0 Å². The Bertz CT molecular complexity index is 78.8. The Labute approximate surface area is 65.2 Å². The molecule has 0 radical (unpaired) electrons. The van der Waals surface area contributed by atoms with E-state index in [9.17, 15) is 0 Å². The monoisotopic (exact) mass is 143 g/mol.